The first-order valence-electron chi connectivity index (χ1n) is 8.27. The molecule has 0 atom stereocenters. The number of fused-ring (bicyclic) bond motifs is 3. The van der Waals surface area contributed by atoms with Crippen molar-refractivity contribution in [3.63, 3.8) is 0 Å². The van der Waals surface area contributed by atoms with Crippen LogP contribution >= 0.6 is 0 Å². The zero-order chi connectivity index (χ0) is 20.1. The van der Waals surface area contributed by atoms with E-state index < -0.39 is 28.8 Å². The molecule has 1 heterocycles. The normalized spacial score (nSPS) is 11.4. The van der Waals surface area contributed by atoms with Crippen LogP contribution in [-0.4, -0.2) is 21.6 Å². The molecule has 0 unspecified atom stereocenters. The summed E-state index contributed by atoms with van der Waals surface area (Å²) in [6.07, 6.45) is -5.30. The fraction of sp³-hybridized carbons (Fsp3) is 0.0476. The molecule has 0 saturated heterocycles. The molecule has 0 bridgehead atoms. The first kappa shape index (κ1) is 21.7. The van der Waals surface area contributed by atoms with Gasteiger partial charge in [0.2, 0.25) is 0 Å². The molecule has 4 nitrogen and oxygen atoms in total. The van der Waals surface area contributed by atoms with E-state index in [0.717, 1.165) is 4.57 Å². The van der Waals surface area contributed by atoms with E-state index in [2.05, 4.69) is 0 Å². The van der Waals surface area contributed by atoms with Crippen molar-refractivity contribution < 1.29 is 72.4 Å². The number of hydrogen-bond donors (Lipinski definition) is 1. The number of hydrogen-bond acceptors (Lipinski definition) is 3. The van der Waals surface area contributed by atoms with Crippen LogP contribution in [0.25, 0.3) is 27.4 Å². The second-order valence-corrected chi connectivity index (χ2v) is 6.21. The molecular weight excluding hydrogens is 523 g/mol. The van der Waals surface area contributed by atoms with Crippen LogP contribution in [0.4, 0.5) is 13.2 Å². The third-order valence-electron chi connectivity index (χ3n) is 4.54. The van der Waals surface area contributed by atoms with Gasteiger partial charge in [-0.3, -0.25) is 14.2 Å². The standard InChI is InChI=1S/C21H12F3NO3.Eu/c22-21(23,24)19(27)17-18(26)16-14-9-5-4-6-12(14)10-11-15(16)25(20(17)28)13-7-2-1-3-8-13;/h1-11,26H;. The van der Waals surface area contributed by atoms with E-state index in [1.807, 2.05) is 0 Å². The molecule has 0 saturated carbocycles. The van der Waals surface area contributed by atoms with Gasteiger partial charge in [-0.25, -0.2) is 0 Å². The molecule has 0 amide bonds. The zero-order valence-electron chi connectivity index (χ0n) is 14.6. The molecule has 3 aromatic carbocycles. The molecule has 29 heavy (non-hydrogen) atoms. The van der Waals surface area contributed by atoms with Gasteiger partial charge in [0.25, 0.3) is 11.3 Å². The quantitative estimate of drug-likeness (QED) is 0.302. The summed E-state index contributed by atoms with van der Waals surface area (Å²) in [6.45, 7) is 0. The maximum Gasteiger partial charge on any atom is 0.455 e. The summed E-state index contributed by atoms with van der Waals surface area (Å²) >= 11 is 0. The van der Waals surface area contributed by atoms with E-state index in [-0.39, 0.29) is 66.0 Å². The third-order valence-corrected chi connectivity index (χ3v) is 4.54. The Labute approximate surface area is 203 Å². The second kappa shape index (κ2) is 8.01. The van der Waals surface area contributed by atoms with E-state index in [1.54, 1.807) is 48.5 Å². The molecule has 0 aliphatic rings. The van der Waals surface area contributed by atoms with Crippen molar-refractivity contribution in [2.45, 2.75) is 6.18 Å². The summed E-state index contributed by atoms with van der Waals surface area (Å²) in [4.78, 5) is 24.9. The van der Waals surface area contributed by atoms with Crippen LogP contribution in [0.15, 0.2) is 71.5 Å². The van der Waals surface area contributed by atoms with Gasteiger partial charge in [-0.05, 0) is 29.0 Å². The van der Waals surface area contributed by atoms with Crippen LogP contribution in [0, 0.1) is 49.4 Å². The summed E-state index contributed by atoms with van der Waals surface area (Å²) in [5.41, 5.74) is -2.04. The molecule has 8 heteroatoms. The van der Waals surface area contributed by atoms with Crippen LogP contribution in [0.2, 0.25) is 0 Å². The minimum absolute atomic E-state index is 0. The molecule has 0 aliphatic carbocycles. The molecule has 4 aromatic rings. The maximum atomic E-state index is 13.1. The van der Waals surface area contributed by atoms with Gasteiger partial charge < -0.3 is 5.11 Å². The van der Waals surface area contributed by atoms with Crippen molar-refractivity contribution in [1.82, 2.24) is 4.57 Å². The number of halogens is 3. The second-order valence-electron chi connectivity index (χ2n) is 6.21. The molecule has 1 aromatic heterocycles. The Hall–Kier alpha value is -2.03. The number of aromatic nitrogens is 1. The van der Waals surface area contributed by atoms with E-state index in [1.165, 1.54) is 18.2 Å². The van der Waals surface area contributed by atoms with Crippen molar-refractivity contribution in [1.29, 1.82) is 0 Å². The predicted molar refractivity (Wildman–Crippen MR) is 99.1 cm³/mol. The van der Waals surface area contributed by atoms with Gasteiger partial charge in [0, 0.05) is 60.5 Å². The van der Waals surface area contributed by atoms with Crippen molar-refractivity contribution >= 4 is 27.5 Å². The Morgan fingerprint density at radius 3 is 2.17 bits per heavy atom. The molecular formula is C21H12EuF3NO3. The van der Waals surface area contributed by atoms with Gasteiger partial charge in [0.1, 0.15) is 11.3 Å². The number of carbonyl (C=O) groups excluding carboxylic acids is 1. The number of Topliss-reactive ketones (excluding diaryl/α,β-unsaturated/α-hetero) is 1. The molecule has 0 spiro atoms. The Balaban J connectivity index is 0.00000240. The van der Waals surface area contributed by atoms with Gasteiger partial charge in [-0.15, -0.1) is 0 Å². The van der Waals surface area contributed by atoms with E-state index in [0.29, 0.717) is 10.8 Å². The molecule has 1 radical (unpaired) electrons. The van der Waals surface area contributed by atoms with Gasteiger partial charge in [-0.1, -0.05) is 48.5 Å². The SMILES string of the molecule is O=C(c1c(O)c2c3ccccc3ccc2n(-c2ccccc2)c1=O)C(F)(F)F.[Eu]. The van der Waals surface area contributed by atoms with Crippen LogP contribution in [-0.2, 0) is 0 Å². The summed E-state index contributed by atoms with van der Waals surface area (Å²) in [6, 6.07) is 18.0. The minimum Gasteiger partial charge on any atom is -0.506 e. The maximum absolute atomic E-state index is 13.1. The first-order chi connectivity index (χ1) is 13.3. The monoisotopic (exact) mass is 536 g/mol. The predicted octanol–water partition coefficient (Wildman–Crippen LogP) is 4.59. The summed E-state index contributed by atoms with van der Waals surface area (Å²) in [7, 11) is 0. The first-order valence-corrected chi connectivity index (χ1v) is 8.27. The third kappa shape index (κ3) is 3.65. The van der Waals surface area contributed by atoms with E-state index in [9.17, 15) is 27.9 Å². The Kier molecular flexibility index (Phi) is 5.99. The number of pyridine rings is 1. The van der Waals surface area contributed by atoms with Crippen LogP contribution < -0.4 is 5.56 Å². The minimum atomic E-state index is -5.30. The van der Waals surface area contributed by atoms with E-state index >= 15 is 0 Å². The number of rotatable bonds is 2. The fourth-order valence-electron chi connectivity index (χ4n) is 3.32. The van der Waals surface area contributed by atoms with Crippen molar-refractivity contribution in [2.24, 2.45) is 0 Å². The smallest absolute Gasteiger partial charge is 0.455 e. The van der Waals surface area contributed by atoms with Gasteiger partial charge in [-0.2, -0.15) is 13.2 Å². The van der Waals surface area contributed by atoms with Crippen molar-refractivity contribution in [2.75, 3.05) is 0 Å². The number of para-hydroxylation sites is 1. The zero-order valence-corrected chi connectivity index (χ0v) is 17.0. The van der Waals surface area contributed by atoms with Crippen LogP contribution in [0.3, 0.4) is 0 Å². The molecule has 4 rings (SSSR count). The molecule has 0 fully saturated rings. The van der Waals surface area contributed by atoms with Crippen LogP contribution in [0.1, 0.15) is 10.4 Å². The molecule has 1 N–H and O–H groups in total. The van der Waals surface area contributed by atoms with Gasteiger partial charge in [0.05, 0.1) is 5.52 Å². The average molecular weight is 535 g/mol. The van der Waals surface area contributed by atoms with Gasteiger partial charge >= 0.3 is 6.18 Å². The van der Waals surface area contributed by atoms with Crippen molar-refractivity contribution in [3.05, 3.63) is 82.6 Å². The van der Waals surface area contributed by atoms with Crippen molar-refractivity contribution in [3.8, 4) is 11.4 Å². The number of carbonyl (C=O) groups is 1. The Morgan fingerprint density at radius 1 is 0.897 bits per heavy atom. The van der Waals surface area contributed by atoms with E-state index in [4.69, 9.17) is 0 Å². The van der Waals surface area contributed by atoms with Crippen LogP contribution in [0.5, 0.6) is 5.75 Å². The molecule has 0 aliphatic heterocycles. The number of alkyl halides is 3. The number of aromatic hydroxyl groups is 1. The Morgan fingerprint density at radius 2 is 1.52 bits per heavy atom. The molecule has 147 valence electrons. The summed E-state index contributed by atoms with van der Waals surface area (Å²) < 4.78 is 40.4. The fourth-order valence-corrected chi connectivity index (χ4v) is 3.32. The number of nitrogens with zero attached hydrogens (tertiary/aromatic N) is 1. The number of benzene rings is 3. The largest absolute Gasteiger partial charge is 0.506 e. The topological polar surface area (TPSA) is 59.3 Å². The summed E-state index contributed by atoms with van der Waals surface area (Å²) in [5.74, 6) is -3.35. The Bertz CT molecular complexity index is 1300. The summed E-state index contributed by atoms with van der Waals surface area (Å²) in [5, 5.41) is 11.7. The van der Waals surface area contributed by atoms with Gasteiger partial charge in [0.15, 0.2) is 0 Å². The number of ketones is 1. The average Bonchev–Trinajstić information content (AvgIpc) is 2.67.